The van der Waals surface area contributed by atoms with Gasteiger partial charge in [0.1, 0.15) is 5.75 Å². The Hall–Kier alpha value is -1.55. The molecule has 4 heteroatoms. The van der Waals surface area contributed by atoms with Crippen LogP contribution in [0.2, 0.25) is 0 Å². The third-order valence-electron chi connectivity index (χ3n) is 2.29. The fourth-order valence-electron chi connectivity index (χ4n) is 1.51. The monoisotopic (exact) mass is 207 g/mol. The van der Waals surface area contributed by atoms with Crippen LogP contribution >= 0.6 is 0 Å². The summed E-state index contributed by atoms with van der Waals surface area (Å²) in [6.07, 6.45) is 0.122. The minimum Gasteiger partial charge on any atom is -0.478 e. The molecule has 1 aromatic rings. The number of fused-ring (bicyclic) bond motifs is 1. The maximum Gasteiger partial charge on any atom is 0.265 e. The molecular weight excluding hydrogens is 194 g/mol. The van der Waals surface area contributed by atoms with Crippen LogP contribution in [0.25, 0.3) is 0 Å². The van der Waals surface area contributed by atoms with E-state index in [2.05, 4.69) is 5.32 Å². The predicted molar refractivity (Wildman–Crippen MR) is 56.0 cm³/mol. The molecule has 15 heavy (non-hydrogen) atoms. The third kappa shape index (κ3) is 2.10. The van der Waals surface area contributed by atoms with E-state index in [1.54, 1.807) is 7.11 Å². The average Bonchev–Trinajstić information content (AvgIpc) is 2.26. The number of nitrogens with one attached hydrogen (secondary N) is 1. The second-order valence-corrected chi connectivity index (χ2v) is 3.37. The Morgan fingerprint density at radius 1 is 1.47 bits per heavy atom. The highest BCUT2D eigenvalue weighted by Gasteiger charge is 2.26. The Morgan fingerprint density at radius 2 is 2.27 bits per heavy atom. The summed E-state index contributed by atoms with van der Waals surface area (Å²) in [4.78, 5) is 11.6. The highest BCUT2D eigenvalue weighted by molar-refractivity contribution is 5.97. The number of rotatable bonds is 3. The molecule has 1 aliphatic rings. The van der Waals surface area contributed by atoms with Crippen molar-refractivity contribution in [2.75, 3.05) is 19.0 Å². The number of para-hydroxylation sites is 2. The van der Waals surface area contributed by atoms with Crippen molar-refractivity contribution in [2.24, 2.45) is 0 Å². The highest BCUT2D eigenvalue weighted by atomic mass is 16.5. The molecule has 1 aromatic carbocycles. The molecule has 1 aliphatic heterocycles. The van der Waals surface area contributed by atoms with E-state index in [4.69, 9.17) is 9.47 Å². The van der Waals surface area contributed by atoms with E-state index in [0.717, 1.165) is 11.4 Å². The zero-order chi connectivity index (χ0) is 10.7. The van der Waals surface area contributed by atoms with Crippen LogP contribution in [0.3, 0.4) is 0 Å². The zero-order valence-corrected chi connectivity index (χ0v) is 8.53. The summed E-state index contributed by atoms with van der Waals surface area (Å²) in [5.74, 6) is 0.615. The molecule has 0 saturated carbocycles. The first-order valence-electron chi connectivity index (χ1n) is 4.87. The SMILES string of the molecule is COCCC1Oc2ccccc2NC1=O. The second-order valence-electron chi connectivity index (χ2n) is 3.37. The maximum atomic E-state index is 11.6. The zero-order valence-electron chi connectivity index (χ0n) is 8.53. The van der Waals surface area contributed by atoms with E-state index < -0.39 is 6.10 Å². The molecule has 1 N–H and O–H groups in total. The van der Waals surface area contributed by atoms with Gasteiger partial charge in [-0.05, 0) is 12.1 Å². The van der Waals surface area contributed by atoms with E-state index in [1.807, 2.05) is 24.3 Å². The molecule has 0 radical (unpaired) electrons. The van der Waals surface area contributed by atoms with E-state index in [9.17, 15) is 4.79 Å². The number of anilines is 1. The quantitative estimate of drug-likeness (QED) is 0.815. The largest absolute Gasteiger partial charge is 0.478 e. The molecule has 80 valence electrons. The fourth-order valence-corrected chi connectivity index (χ4v) is 1.51. The Balaban J connectivity index is 2.11. The molecule has 0 bridgehead atoms. The summed E-state index contributed by atoms with van der Waals surface area (Å²) < 4.78 is 10.5. The molecule has 0 spiro atoms. The van der Waals surface area contributed by atoms with Gasteiger partial charge in [-0.2, -0.15) is 0 Å². The van der Waals surface area contributed by atoms with Gasteiger partial charge in [0.15, 0.2) is 6.10 Å². The number of hydrogen-bond donors (Lipinski definition) is 1. The molecule has 4 nitrogen and oxygen atoms in total. The smallest absolute Gasteiger partial charge is 0.265 e. The van der Waals surface area contributed by atoms with E-state index >= 15 is 0 Å². The molecular formula is C11H13NO3. The number of carbonyl (C=O) groups excluding carboxylic acids is 1. The van der Waals surface area contributed by atoms with Crippen molar-refractivity contribution in [1.29, 1.82) is 0 Å². The number of hydrogen-bond acceptors (Lipinski definition) is 3. The molecule has 1 amide bonds. The summed E-state index contributed by atoms with van der Waals surface area (Å²) in [7, 11) is 1.61. The van der Waals surface area contributed by atoms with Gasteiger partial charge in [0, 0.05) is 13.5 Å². The number of benzene rings is 1. The van der Waals surface area contributed by atoms with Crippen molar-refractivity contribution in [3.63, 3.8) is 0 Å². The van der Waals surface area contributed by atoms with Crippen LogP contribution in [0, 0.1) is 0 Å². The standard InChI is InChI=1S/C11H13NO3/c1-14-7-6-10-11(13)12-8-4-2-3-5-9(8)15-10/h2-5,10H,6-7H2,1H3,(H,12,13). The van der Waals surface area contributed by atoms with Crippen molar-refractivity contribution in [3.05, 3.63) is 24.3 Å². The van der Waals surface area contributed by atoms with Gasteiger partial charge in [0.05, 0.1) is 12.3 Å². The molecule has 0 aliphatic carbocycles. The van der Waals surface area contributed by atoms with Crippen LogP contribution in [0.4, 0.5) is 5.69 Å². The number of ether oxygens (including phenoxy) is 2. The van der Waals surface area contributed by atoms with Gasteiger partial charge < -0.3 is 14.8 Å². The molecule has 0 aromatic heterocycles. The first-order valence-corrected chi connectivity index (χ1v) is 4.87. The summed E-state index contributed by atoms with van der Waals surface area (Å²) in [6, 6.07) is 7.40. The molecule has 0 saturated heterocycles. The van der Waals surface area contributed by atoms with Gasteiger partial charge in [-0.15, -0.1) is 0 Å². The Labute approximate surface area is 88.2 Å². The van der Waals surface area contributed by atoms with Crippen LogP contribution in [0.1, 0.15) is 6.42 Å². The lowest BCUT2D eigenvalue weighted by molar-refractivity contribution is -0.124. The van der Waals surface area contributed by atoms with Gasteiger partial charge >= 0.3 is 0 Å². The van der Waals surface area contributed by atoms with Crippen LogP contribution < -0.4 is 10.1 Å². The lowest BCUT2D eigenvalue weighted by Crippen LogP contribution is -2.37. The number of methoxy groups -OCH3 is 1. The van der Waals surface area contributed by atoms with Crippen molar-refractivity contribution >= 4 is 11.6 Å². The normalized spacial score (nSPS) is 19.0. The molecule has 0 fully saturated rings. The molecule has 2 rings (SSSR count). The van der Waals surface area contributed by atoms with Crippen molar-refractivity contribution < 1.29 is 14.3 Å². The van der Waals surface area contributed by atoms with E-state index in [0.29, 0.717) is 13.0 Å². The van der Waals surface area contributed by atoms with Crippen LogP contribution in [0.15, 0.2) is 24.3 Å². The lowest BCUT2D eigenvalue weighted by atomic mass is 10.2. The van der Waals surface area contributed by atoms with Crippen LogP contribution in [-0.2, 0) is 9.53 Å². The van der Waals surface area contributed by atoms with Gasteiger partial charge in [-0.25, -0.2) is 0 Å². The molecule has 1 heterocycles. The second kappa shape index (κ2) is 4.31. The maximum absolute atomic E-state index is 11.6. The Bertz CT molecular complexity index is 365. The number of carbonyl (C=O) groups is 1. The topological polar surface area (TPSA) is 47.6 Å². The average molecular weight is 207 g/mol. The molecule has 1 unspecified atom stereocenters. The summed E-state index contributed by atoms with van der Waals surface area (Å²) in [6.45, 7) is 0.514. The minimum absolute atomic E-state index is 0.106. The highest BCUT2D eigenvalue weighted by Crippen LogP contribution is 2.29. The van der Waals surface area contributed by atoms with Gasteiger partial charge in [0.25, 0.3) is 5.91 Å². The molecule has 1 atom stereocenters. The van der Waals surface area contributed by atoms with Crippen molar-refractivity contribution in [3.8, 4) is 5.75 Å². The lowest BCUT2D eigenvalue weighted by Gasteiger charge is -2.25. The Kier molecular flexibility index (Phi) is 2.87. The summed E-state index contributed by atoms with van der Waals surface area (Å²) in [5, 5.41) is 2.80. The van der Waals surface area contributed by atoms with Crippen LogP contribution in [0.5, 0.6) is 5.75 Å². The third-order valence-corrected chi connectivity index (χ3v) is 2.29. The van der Waals surface area contributed by atoms with Gasteiger partial charge in [-0.1, -0.05) is 12.1 Å². The number of amides is 1. The van der Waals surface area contributed by atoms with Gasteiger partial charge in [0.2, 0.25) is 0 Å². The van der Waals surface area contributed by atoms with Crippen molar-refractivity contribution in [1.82, 2.24) is 0 Å². The Morgan fingerprint density at radius 3 is 3.07 bits per heavy atom. The first kappa shape index (κ1) is 9.98. The van der Waals surface area contributed by atoms with Gasteiger partial charge in [-0.3, -0.25) is 4.79 Å². The predicted octanol–water partition coefficient (Wildman–Crippen LogP) is 1.42. The van der Waals surface area contributed by atoms with E-state index in [1.165, 1.54) is 0 Å². The van der Waals surface area contributed by atoms with Crippen LogP contribution in [-0.4, -0.2) is 25.7 Å². The minimum atomic E-state index is -0.445. The summed E-state index contributed by atoms with van der Waals surface area (Å²) in [5.41, 5.74) is 0.733. The fraction of sp³-hybridized carbons (Fsp3) is 0.364. The summed E-state index contributed by atoms with van der Waals surface area (Å²) >= 11 is 0. The first-order chi connectivity index (χ1) is 7.31. The van der Waals surface area contributed by atoms with Crippen molar-refractivity contribution in [2.45, 2.75) is 12.5 Å². The van der Waals surface area contributed by atoms with E-state index in [-0.39, 0.29) is 5.91 Å².